The zero-order valence-corrected chi connectivity index (χ0v) is 26.0. The molecule has 0 aromatic carbocycles. The molecule has 9 atom stereocenters. The number of nitrogens with two attached hydrogens (primary N) is 2. The molecule has 0 spiro atoms. The van der Waals surface area contributed by atoms with Crippen LogP contribution in [0.3, 0.4) is 0 Å². The number of aromatic nitrogens is 8. The molecule has 0 aliphatic carbocycles. The Hall–Kier alpha value is -2.72. The quantitative estimate of drug-likeness (QED) is 0.100. The van der Waals surface area contributed by atoms with Crippen molar-refractivity contribution < 1.29 is 45.8 Å². The van der Waals surface area contributed by atoms with E-state index in [1.807, 2.05) is 0 Å². The molecule has 4 aromatic heterocycles. The Kier molecular flexibility index (Phi) is 8.69. The minimum absolute atomic E-state index is 0.0973. The van der Waals surface area contributed by atoms with E-state index in [-0.39, 0.29) is 40.5 Å². The Labute approximate surface area is 260 Å². The Morgan fingerprint density at radius 2 is 1.73 bits per heavy atom. The molecule has 6 N–H and O–H groups in total. The molecule has 0 radical (unpaired) electrons. The summed E-state index contributed by atoms with van der Waals surface area (Å²) < 4.78 is 85.0. The minimum Gasteiger partial charge on any atom is -0.382 e. The van der Waals surface area contributed by atoms with Crippen LogP contribution >= 0.6 is 38.1 Å². The van der Waals surface area contributed by atoms with E-state index >= 15 is 8.78 Å². The number of ether oxygens (including phenoxy) is 2. The average Bonchev–Trinajstić information content (AvgIpc) is 3.72. The molecule has 4 aromatic rings. The van der Waals surface area contributed by atoms with Crippen LogP contribution in [-0.4, -0.2) is 87.8 Å². The largest absolute Gasteiger partial charge is 0.386 e. The van der Waals surface area contributed by atoms with Gasteiger partial charge < -0.3 is 25.8 Å². The van der Waals surface area contributed by atoms with Gasteiger partial charge in [-0.05, 0) is 0 Å². The first-order chi connectivity index (χ1) is 21.2. The summed E-state index contributed by atoms with van der Waals surface area (Å²) in [4.78, 5) is 43.9. The normalized spacial score (nSPS) is 29.8. The van der Waals surface area contributed by atoms with Gasteiger partial charge in [-0.15, -0.1) is 0 Å². The third kappa shape index (κ3) is 6.59. The molecule has 0 amide bonds. The van der Waals surface area contributed by atoms with Crippen LogP contribution in [0.15, 0.2) is 23.8 Å². The van der Waals surface area contributed by atoms with E-state index < -0.39 is 75.5 Å². The van der Waals surface area contributed by atoms with E-state index in [1.165, 1.54) is 17.2 Å². The molecule has 6 heterocycles. The molecule has 0 bridgehead atoms. The second-order valence-electron chi connectivity index (χ2n) is 9.89. The predicted molar refractivity (Wildman–Crippen MR) is 157 cm³/mol. The first kappa shape index (κ1) is 32.2. The number of alkyl halides is 2. The summed E-state index contributed by atoms with van der Waals surface area (Å²) in [5.41, 5.74) is 10.9. The summed E-state index contributed by atoms with van der Waals surface area (Å²) in [7, 11) is 0. The lowest BCUT2D eigenvalue weighted by atomic mass is 10.1. The van der Waals surface area contributed by atoms with Crippen LogP contribution in [0, 0.1) is 0 Å². The topological polar surface area (TPSA) is 260 Å². The van der Waals surface area contributed by atoms with Gasteiger partial charge in [0.15, 0.2) is 41.3 Å². The smallest absolute Gasteiger partial charge is 0.382 e. The van der Waals surface area contributed by atoms with Crippen LogP contribution in [0.4, 0.5) is 20.5 Å². The number of nitrogen functional groups attached to an aromatic ring is 2. The maximum atomic E-state index is 15.7. The van der Waals surface area contributed by atoms with Crippen molar-refractivity contribution in [1.29, 1.82) is 0 Å². The van der Waals surface area contributed by atoms with Crippen LogP contribution in [-0.2, 0) is 32.2 Å². The molecule has 45 heavy (non-hydrogen) atoms. The summed E-state index contributed by atoms with van der Waals surface area (Å²) in [6.45, 7) is -10.1. The van der Waals surface area contributed by atoms with Crippen LogP contribution in [0.1, 0.15) is 18.9 Å². The molecule has 2 saturated heterocycles. The highest BCUT2D eigenvalue weighted by Gasteiger charge is 2.51. The van der Waals surface area contributed by atoms with Crippen LogP contribution < -0.4 is 17.0 Å². The van der Waals surface area contributed by atoms with E-state index in [1.54, 1.807) is 0 Å². The second kappa shape index (κ2) is 12.1. The van der Waals surface area contributed by atoms with Gasteiger partial charge in [-0.3, -0.25) is 32.5 Å². The Bertz CT molecular complexity index is 1890. The van der Waals surface area contributed by atoms with Crippen molar-refractivity contribution in [3.63, 3.8) is 0 Å². The number of thiol groups is 2. The third-order valence-corrected chi connectivity index (χ3v) is 9.31. The molecular formula is C20H24F2N10O9P2S2. The molecule has 2 fully saturated rings. The molecule has 0 saturated carbocycles. The number of hydrogen-bond donors (Lipinski definition) is 6. The Balaban J connectivity index is 1.19. The van der Waals surface area contributed by atoms with Crippen molar-refractivity contribution in [1.82, 2.24) is 39.0 Å². The number of rotatable bonds is 10. The van der Waals surface area contributed by atoms with Gasteiger partial charge in [-0.2, -0.15) is 4.98 Å². The van der Waals surface area contributed by atoms with E-state index in [0.29, 0.717) is 0 Å². The van der Waals surface area contributed by atoms with E-state index in [4.69, 9.17) is 34.5 Å². The summed E-state index contributed by atoms with van der Waals surface area (Å²) in [6, 6.07) is 0. The Morgan fingerprint density at radius 1 is 1.02 bits per heavy atom. The number of fused-ring (bicyclic) bond motifs is 2. The molecular weight excluding hydrogens is 688 g/mol. The van der Waals surface area contributed by atoms with Gasteiger partial charge in [-0.25, -0.2) is 37.8 Å². The molecule has 3 unspecified atom stereocenters. The average molecular weight is 713 g/mol. The number of H-pyrrole nitrogens is 1. The summed E-state index contributed by atoms with van der Waals surface area (Å²) >= 11 is 7.36. The number of aromatic amines is 1. The lowest BCUT2D eigenvalue weighted by Gasteiger charge is -2.24. The van der Waals surface area contributed by atoms with Gasteiger partial charge in [0.25, 0.3) is 5.56 Å². The standard InChI is InChI=1S/C20H24F2N10O9P2S2/c21-8-1-7(39-18(8)31-5-27-11-14(23)25-4-26-15(11)31)2-38-43(36,45)41-13-10(22)9(3-37-42(34,35)44)40-19(13)32-6-28-12-16(32)29-20(24)30-17(12)33/h4-10,13,18-19H,1-3H2,(H,36,45)(H2,23,25,26)(H2,34,35,44)(H3,24,29,30,33)/t7-,8-,9+,10-,13?,18+,19+,43?/m0/s1. The monoisotopic (exact) mass is 712 g/mol. The zero-order chi connectivity index (χ0) is 32.3. The van der Waals surface area contributed by atoms with Gasteiger partial charge in [0.2, 0.25) is 5.95 Å². The van der Waals surface area contributed by atoms with E-state index in [0.717, 1.165) is 10.9 Å². The minimum atomic E-state index is -4.46. The number of nitrogens with zero attached hydrogens (tertiary/aromatic N) is 7. The van der Waals surface area contributed by atoms with E-state index in [9.17, 15) is 18.8 Å². The highest BCUT2D eigenvalue weighted by molar-refractivity contribution is 8.44. The highest BCUT2D eigenvalue weighted by Crippen LogP contribution is 2.57. The maximum Gasteiger partial charge on any atom is 0.386 e. The van der Waals surface area contributed by atoms with Gasteiger partial charge in [0.1, 0.15) is 30.2 Å². The highest BCUT2D eigenvalue weighted by atomic mass is 32.7. The fourth-order valence-corrected chi connectivity index (χ4v) is 6.95. The molecule has 25 heteroatoms. The summed E-state index contributed by atoms with van der Waals surface area (Å²) in [5, 5.41) is 0. The number of halogens is 2. The van der Waals surface area contributed by atoms with Crippen molar-refractivity contribution in [3.05, 3.63) is 29.3 Å². The van der Waals surface area contributed by atoms with Crippen molar-refractivity contribution in [2.24, 2.45) is 0 Å². The van der Waals surface area contributed by atoms with Gasteiger partial charge in [-0.1, -0.05) is 24.5 Å². The second-order valence-corrected chi connectivity index (χ2v) is 15.5. The predicted octanol–water partition coefficient (Wildman–Crippen LogP) is 1.47. The molecule has 6 rings (SSSR count). The van der Waals surface area contributed by atoms with Crippen molar-refractivity contribution >= 4 is 72.2 Å². The molecule has 2 aliphatic heterocycles. The molecule has 2 aliphatic rings. The SMILES string of the molecule is Nc1nc2c(ncn2[C@@H]2O[C@H](COP(=O)(O)S)[C@H](F)C2OP(=O)(S)OC[C@@H]2C[C@H](F)[C@H](n3cnc4c(N)ncnc43)O2)c(=O)[nH]1. The van der Waals surface area contributed by atoms with Gasteiger partial charge in [0, 0.05) is 6.42 Å². The summed E-state index contributed by atoms with van der Waals surface area (Å²) in [5.74, 6) is -0.193. The van der Waals surface area contributed by atoms with Gasteiger partial charge >= 0.3 is 13.6 Å². The zero-order valence-electron chi connectivity index (χ0n) is 22.4. The van der Waals surface area contributed by atoms with Crippen LogP contribution in [0.25, 0.3) is 22.3 Å². The lowest BCUT2D eigenvalue weighted by molar-refractivity contribution is -0.0474. The summed E-state index contributed by atoms with van der Waals surface area (Å²) in [6.07, 6.45) is -7.33. The fraction of sp³-hybridized carbons (Fsp3) is 0.500. The Morgan fingerprint density at radius 3 is 2.47 bits per heavy atom. The first-order valence-electron chi connectivity index (χ1n) is 12.8. The number of nitrogens with one attached hydrogen (secondary N) is 1. The van der Waals surface area contributed by atoms with Crippen molar-refractivity contribution in [2.75, 3.05) is 24.7 Å². The lowest BCUT2D eigenvalue weighted by Crippen LogP contribution is -2.32. The fourth-order valence-electron chi connectivity index (χ4n) is 4.94. The number of imidazole rings is 2. The van der Waals surface area contributed by atoms with Crippen molar-refractivity contribution in [2.45, 2.75) is 49.5 Å². The van der Waals surface area contributed by atoms with Crippen LogP contribution in [0.2, 0.25) is 0 Å². The molecule has 244 valence electrons. The number of hydrogen-bond acceptors (Lipinski definition) is 15. The van der Waals surface area contributed by atoms with E-state index in [2.05, 4.69) is 54.4 Å². The first-order valence-corrected chi connectivity index (χ1v) is 18.2. The van der Waals surface area contributed by atoms with Crippen molar-refractivity contribution in [3.8, 4) is 0 Å². The van der Waals surface area contributed by atoms with Gasteiger partial charge in [0.05, 0.1) is 32.0 Å². The molecule has 19 nitrogen and oxygen atoms in total. The maximum absolute atomic E-state index is 15.7. The number of anilines is 2. The third-order valence-electron chi connectivity index (χ3n) is 6.87. The van der Waals surface area contributed by atoms with Crippen LogP contribution in [0.5, 0.6) is 0 Å².